The fourth-order valence-electron chi connectivity index (χ4n) is 2.55. The van der Waals surface area contributed by atoms with Gasteiger partial charge < -0.3 is 10.1 Å². The van der Waals surface area contributed by atoms with E-state index in [0.29, 0.717) is 22.3 Å². The van der Waals surface area contributed by atoms with Crippen molar-refractivity contribution < 1.29 is 22.7 Å². The Kier molecular flexibility index (Phi) is 4.79. The highest BCUT2D eigenvalue weighted by Gasteiger charge is 2.28. The number of hydrogen-bond donors (Lipinski definition) is 1. The first-order valence-corrected chi connectivity index (χ1v) is 7.76. The van der Waals surface area contributed by atoms with Crippen molar-refractivity contribution in [3.05, 3.63) is 60.2 Å². The number of para-hydroxylation sites is 1. The number of fused-ring (bicyclic) bond motifs is 1. The van der Waals surface area contributed by atoms with E-state index < -0.39 is 18.6 Å². The number of nitrogens with one attached hydrogen (secondary N) is 1. The second-order valence-electron chi connectivity index (χ2n) is 5.60. The number of ether oxygens (including phenoxy) is 1. The molecule has 2 aromatic carbocycles. The van der Waals surface area contributed by atoms with E-state index in [-0.39, 0.29) is 5.56 Å². The van der Waals surface area contributed by atoms with E-state index in [0.717, 1.165) is 5.56 Å². The van der Waals surface area contributed by atoms with Gasteiger partial charge in [0.2, 0.25) is 0 Å². The van der Waals surface area contributed by atoms with Crippen LogP contribution >= 0.6 is 0 Å². The fourth-order valence-corrected chi connectivity index (χ4v) is 2.55. The van der Waals surface area contributed by atoms with Crippen LogP contribution in [0.3, 0.4) is 0 Å². The molecule has 0 saturated carbocycles. The summed E-state index contributed by atoms with van der Waals surface area (Å²) in [6.07, 6.45) is -4.47. The Morgan fingerprint density at radius 3 is 2.46 bits per heavy atom. The summed E-state index contributed by atoms with van der Waals surface area (Å²) in [5.74, 6) is -0.131. The highest BCUT2D eigenvalue weighted by Crippen LogP contribution is 2.26. The van der Waals surface area contributed by atoms with Crippen molar-refractivity contribution in [2.24, 2.45) is 0 Å². The monoisotopic (exact) mass is 360 g/mol. The van der Waals surface area contributed by atoms with E-state index in [1.54, 1.807) is 55.6 Å². The lowest BCUT2D eigenvalue weighted by atomic mass is 10.0. The van der Waals surface area contributed by atoms with Crippen LogP contribution < -0.4 is 10.1 Å². The van der Waals surface area contributed by atoms with Crippen LogP contribution in [0.15, 0.2) is 54.6 Å². The molecule has 3 aromatic rings. The number of carbonyl (C=O) groups excluding carboxylic acids is 1. The Morgan fingerprint density at radius 1 is 1.12 bits per heavy atom. The summed E-state index contributed by atoms with van der Waals surface area (Å²) in [6.45, 7) is -1.39. The lowest BCUT2D eigenvalue weighted by Crippen LogP contribution is -2.33. The Morgan fingerprint density at radius 2 is 1.81 bits per heavy atom. The van der Waals surface area contributed by atoms with Crippen LogP contribution in [0.2, 0.25) is 0 Å². The number of carbonyl (C=O) groups is 1. The summed E-state index contributed by atoms with van der Waals surface area (Å²) < 4.78 is 42.4. The maximum atomic E-state index is 12.4. The number of alkyl halides is 3. The molecule has 1 aromatic heterocycles. The highest BCUT2D eigenvalue weighted by molar-refractivity contribution is 6.07. The molecule has 0 spiro atoms. The molecule has 0 saturated heterocycles. The average molecular weight is 360 g/mol. The molecule has 4 nitrogen and oxygen atoms in total. The predicted molar refractivity (Wildman–Crippen MR) is 92.1 cm³/mol. The van der Waals surface area contributed by atoms with Gasteiger partial charge in [-0.25, -0.2) is 4.98 Å². The van der Waals surface area contributed by atoms with E-state index >= 15 is 0 Å². The SMILES string of the molecule is COc1ccc(-c2cc(C(=O)NCC(F)(F)F)c3ccccc3n2)cc1. The second kappa shape index (κ2) is 7.03. The van der Waals surface area contributed by atoms with Gasteiger partial charge in [-0.3, -0.25) is 4.79 Å². The zero-order valence-corrected chi connectivity index (χ0v) is 13.8. The van der Waals surface area contributed by atoms with Gasteiger partial charge in [0.05, 0.1) is 23.9 Å². The first-order chi connectivity index (χ1) is 12.4. The lowest BCUT2D eigenvalue weighted by molar-refractivity contribution is -0.123. The molecule has 0 fully saturated rings. The van der Waals surface area contributed by atoms with Crippen molar-refractivity contribution in [1.29, 1.82) is 0 Å². The molecule has 1 N–H and O–H groups in total. The summed E-state index contributed by atoms with van der Waals surface area (Å²) in [4.78, 5) is 16.8. The molecule has 0 aliphatic rings. The third-order valence-electron chi connectivity index (χ3n) is 3.80. The van der Waals surface area contributed by atoms with Crippen molar-refractivity contribution in [2.75, 3.05) is 13.7 Å². The minimum atomic E-state index is -4.47. The van der Waals surface area contributed by atoms with Crippen LogP contribution in [0.1, 0.15) is 10.4 Å². The van der Waals surface area contributed by atoms with Crippen molar-refractivity contribution >= 4 is 16.8 Å². The van der Waals surface area contributed by atoms with Gasteiger partial charge in [0.25, 0.3) is 5.91 Å². The van der Waals surface area contributed by atoms with E-state index in [1.165, 1.54) is 6.07 Å². The number of rotatable bonds is 4. The van der Waals surface area contributed by atoms with E-state index in [1.807, 2.05) is 5.32 Å². The predicted octanol–water partition coefficient (Wildman–Crippen LogP) is 4.20. The Hall–Kier alpha value is -3.09. The molecule has 0 aliphatic heterocycles. The van der Waals surface area contributed by atoms with Crippen molar-refractivity contribution in [1.82, 2.24) is 10.3 Å². The van der Waals surface area contributed by atoms with Crippen molar-refractivity contribution in [2.45, 2.75) is 6.18 Å². The van der Waals surface area contributed by atoms with Crippen molar-refractivity contribution in [3.8, 4) is 17.0 Å². The fraction of sp³-hybridized carbons (Fsp3) is 0.158. The second-order valence-corrected chi connectivity index (χ2v) is 5.60. The number of benzene rings is 2. The van der Waals surface area contributed by atoms with Gasteiger partial charge >= 0.3 is 6.18 Å². The first-order valence-electron chi connectivity index (χ1n) is 7.76. The summed E-state index contributed by atoms with van der Waals surface area (Å²) in [7, 11) is 1.55. The molecule has 26 heavy (non-hydrogen) atoms. The number of nitrogens with zero attached hydrogens (tertiary/aromatic N) is 1. The number of aromatic nitrogens is 1. The maximum absolute atomic E-state index is 12.4. The number of halogens is 3. The molecule has 1 amide bonds. The van der Waals surface area contributed by atoms with Crippen LogP contribution in [-0.4, -0.2) is 30.7 Å². The zero-order valence-electron chi connectivity index (χ0n) is 13.8. The molecule has 7 heteroatoms. The van der Waals surface area contributed by atoms with Crippen molar-refractivity contribution in [3.63, 3.8) is 0 Å². The first kappa shape index (κ1) is 17.7. The van der Waals surface area contributed by atoms with Gasteiger partial charge in [0.15, 0.2) is 0 Å². The number of hydrogen-bond acceptors (Lipinski definition) is 3. The van der Waals surface area contributed by atoms with E-state index in [9.17, 15) is 18.0 Å². The average Bonchev–Trinajstić information content (AvgIpc) is 2.64. The van der Waals surface area contributed by atoms with Gasteiger partial charge in [0.1, 0.15) is 12.3 Å². The van der Waals surface area contributed by atoms with Gasteiger partial charge in [0, 0.05) is 10.9 Å². The van der Waals surface area contributed by atoms with Gasteiger partial charge in [-0.2, -0.15) is 13.2 Å². The molecule has 0 bridgehead atoms. The van der Waals surface area contributed by atoms with Crippen LogP contribution in [0, 0.1) is 0 Å². The summed E-state index contributed by atoms with van der Waals surface area (Å²) in [5.41, 5.74) is 1.88. The summed E-state index contributed by atoms with van der Waals surface area (Å²) in [5, 5.41) is 2.41. The third kappa shape index (κ3) is 3.93. The normalized spacial score (nSPS) is 11.4. The minimum absolute atomic E-state index is 0.144. The molecular formula is C19H15F3N2O2. The summed E-state index contributed by atoms with van der Waals surface area (Å²) in [6, 6.07) is 15.4. The molecule has 0 radical (unpaired) electrons. The summed E-state index contributed by atoms with van der Waals surface area (Å²) >= 11 is 0. The van der Waals surface area contributed by atoms with E-state index in [2.05, 4.69) is 4.98 Å². The topological polar surface area (TPSA) is 51.2 Å². The molecule has 3 rings (SSSR count). The molecule has 1 heterocycles. The third-order valence-corrected chi connectivity index (χ3v) is 3.80. The number of methoxy groups -OCH3 is 1. The van der Waals surface area contributed by atoms with Crippen LogP contribution in [0.5, 0.6) is 5.75 Å². The molecule has 0 aliphatic carbocycles. The van der Waals surface area contributed by atoms with Crippen LogP contribution in [0.25, 0.3) is 22.2 Å². The Bertz CT molecular complexity index is 938. The van der Waals surface area contributed by atoms with Crippen LogP contribution in [-0.2, 0) is 0 Å². The number of pyridine rings is 1. The highest BCUT2D eigenvalue weighted by atomic mass is 19.4. The van der Waals surface area contributed by atoms with E-state index in [4.69, 9.17) is 4.74 Å². The largest absolute Gasteiger partial charge is 0.497 e. The standard InChI is InChI=1S/C19H15F3N2O2/c1-26-13-8-6-12(7-9-13)17-10-15(18(25)23-11-19(20,21)22)14-4-2-3-5-16(14)24-17/h2-10H,11H2,1H3,(H,23,25). The Labute approximate surface area is 147 Å². The van der Waals surface area contributed by atoms with Gasteiger partial charge in [-0.15, -0.1) is 0 Å². The van der Waals surface area contributed by atoms with Gasteiger partial charge in [-0.1, -0.05) is 18.2 Å². The molecule has 134 valence electrons. The Balaban J connectivity index is 2.04. The smallest absolute Gasteiger partial charge is 0.405 e. The molecule has 0 unspecified atom stereocenters. The maximum Gasteiger partial charge on any atom is 0.405 e. The van der Waals surface area contributed by atoms with Gasteiger partial charge in [-0.05, 0) is 36.4 Å². The molecular weight excluding hydrogens is 345 g/mol. The zero-order chi connectivity index (χ0) is 18.7. The minimum Gasteiger partial charge on any atom is -0.497 e. The van der Waals surface area contributed by atoms with Crippen LogP contribution in [0.4, 0.5) is 13.2 Å². The number of amides is 1. The lowest BCUT2D eigenvalue weighted by Gasteiger charge is -2.12. The molecule has 0 atom stereocenters. The quantitative estimate of drug-likeness (QED) is 0.759.